The zero-order valence-electron chi connectivity index (χ0n) is 9.28. The van der Waals surface area contributed by atoms with Crippen LogP contribution in [0, 0.1) is 5.92 Å². The molecule has 0 aliphatic carbocycles. The average molecular weight is 200 g/mol. The summed E-state index contributed by atoms with van der Waals surface area (Å²) in [7, 11) is 0. The Hall–Kier alpha value is -0.120. The van der Waals surface area contributed by atoms with Crippen molar-refractivity contribution in [2.45, 2.75) is 38.6 Å². The van der Waals surface area contributed by atoms with Crippen molar-refractivity contribution >= 4 is 0 Å². The standard InChI is InChI=1S/C11H24N2O/c1-10-4-5-11(8-12)9-13(10)6-2-3-7-14/h10-11,14H,2-9,12H2,1H3. The number of aliphatic hydroxyl groups is 1. The van der Waals surface area contributed by atoms with Gasteiger partial charge in [-0.2, -0.15) is 0 Å². The molecule has 0 aromatic heterocycles. The SMILES string of the molecule is CC1CCC(CN)CN1CCCCO. The van der Waals surface area contributed by atoms with Crippen LogP contribution in [0.4, 0.5) is 0 Å². The molecule has 1 heterocycles. The maximum absolute atomic E-state index is 8.72. The van der Waals surface area contributed by atoms with E-state index in [4.69, 9.17) is 10.8 Å². The van der Waals surface area contributed by atoms with Crippen molar-refractivity contribution in [3.8, 4) is 0 Å². The zero-order chi connectivity index (χ0) is 10.4. The Morgan fingerprint density at radius 2 is 2.14 bits per heavy atom. The molecule has 2 unspecified atom stereocenters. The Balaban J connectivity index is 2.25. The highest BCUT2D eigenvalue weighted by Gasteiger charge is 2.23. The van der Waals surface area contributed by atoms with Crippen LogP contribution < -0.4 is 5.73 Å². The Bertz CT molecular complexity index is 152. The van der Waals surface area contributed by atoms with E-state index < -0.39 is 0 Å². The van der Waals surface area contributed by atoms with Gasteiger partial charge in [-0.25, -0.2) is 0 Å². The molecule has 2 atom stereocenters. The van der Waals surface area contributed by atoms with E-state index in [9.17, 15) is 0 Å². The highest BCUT2D eigenvalue weighted by Crippen LogP contribution is 2.21. The van der Waals surface area contributed by atoms with E-state index >= 15 is 0 Å². The van der Waals surface area contributed by atoms with Crippen LogP contribution in [0.2, 0.25) is 0 Å². The number of unbranched alkanes of at least 4 members (excludes halogenated alkanes) is 1. The van der Waals surface area contributed by atoms with Gasteiger partial charge in [0.2, 0.25) is 0 Å². The van der Waals surface area contributed by atoms with Gasteiger partial charge in [0.15, 0.2) is 0 Å². The zero-order valence-corrected chi connectivity index (χ0v) is 9.28. The van der Waals surface area contributed by atoms with E-state index in [0.717, 1.165) is 32.5 Å². The fourth-order valence-electron chi connectivity index (χ4n) is 2.19. The Labute approximate surface area is 87.3 Å². The molecular formula is C11H24N2O. The van der Waals surface area contributed by atoms with Crippen molar-refractivity contribution in [1.29, 1.82) is 0 Å². The lowest BCUT2D eigenvalue weighted by Crippen LogP contribution is -2.44. The van der Waals surface area contributed by atoms with Crippen molar-refractivity contribution in [3.63, 3.8) is 0 Å². The maximum atomic E-state index is 8.72. The van der Waals surface area contributed by atoms with Crippen LogP contribution in [-0.2, 0) is 0 Å². The normalized spacial score (nSPS) is 29.4. The van der Waals surface area contributed by atoms with Gasteiger partial charge in [0.25, 0.3) is 0 Å². The molecule has 14 heavy (non-hydrogen) atoms. The lowest BCUT2D eigenvalue weighted by atomic mass is 9.93. The molecular weight excluding hydrogens is 176 g/mol. The molecule has 0 spiro atoms. The number of nitrogens with two attached hydrogens (primary N) is 1. The van der Waals surface area contributed by atoms with Crippen LogP contribution in [0.3, 0.4) is 0 Å². The van der Waals surface area contributed by atoms with E-state index in [-0.39, 0.29) is 0 Å². The summed E-state index contributed by atoms with van der Waals surface area (Å²) in [5.41, 5.74) is 5.70. The monoisotopic (exact) mass is 200 g/mol. The van der Waals surface area contributed by atoms with Gasteiger partial charge in [0, 0.05) is 19.2 Å². The fraction of sp³-hybridized carbons (Fsp3) is 1.00. The number of nitrogens with zero attached hydrogens (tertiary/aromatic N) is 1. The molecule has 1 fully saturated rings. The van der Waals surface area contributed by atoms with Gasteiger partial charge >= 0.3 is 0 Å². The third-order valence-corrected chi connectivity index (χ3v) is 3.30. The van der Waals surface area contributed by atoms with E-state index in [2.05, 4.69) is 11.8 Å². The van der Waals surface area contributed by atoms with Crippen LogP contribution in [0.5, 0.6) is 0 Å². The van der Waals surface area contributed by atoms with Crippen molar-refractivity contribution in [3.05, 3.63) is 0 Å². The first-order valence-electron chi connectivity index (χ1n) is 5.83. The Morgan fingerprint density at radius 1 is 1.36 bits per heavy atom. The molecule has 1 aliphatic heterocycles. The topological polar surface area (TPSA) is 49.5 Å². The van der Waals surface area contributed by atoms with Gasteiger partial charge in [-0.3, -0.25) is 0 Å². The first-order chi connectivity index (χ1) is 6.77. The van der Waals surface area contributed by atoms with Crippen LogP contribution in [0.15, 0.2) is 0 Å². The maximum Gasteiger partial charge on any atom is 0.0431 e. The third kappa shape index (κ3) is 3.56. The summed E-state index contributed by atoms with van der Waals surface area (Å²) in [6.07, 6.45) is 4.60. The molecule has 0 aromatic carbocycles. The number of piperidine rings is 1. The van der Waals surface area contributed by atoms with Crippen molar-refractivity contribution in [2.75, 3.05) is 26.2 Å². The largest absolute Gasteiger partial charge is 0.396 e. The number of aliphatic hydroxyl groups excluding tert-OH is 1. The van der Waals surface area contributed by atoms with E-state index in [1.165, 1.54) is 12.8 Å². The summed E-state index contributed by atoms with van der Waals surface area (Å²) in [5.74, 6) is 0.695. The minimum atomic E-state index is 0.322. The van der Waals surface area contributed by atoms with Crippen molar-refractivity contribution < 1.29 is 5.11 Å². The summed E-state index contributed by atoms with van der Waals surface area (Å²) >= 11 is 0. The first kappa shape index (κ1) is 12.0. The smallest absolute Gasteiger partial charge is 0.0431 e. The first-order valence-corrected chi connectivity index (χ1v) is 5.83. The molecule has 1 rings (SSSR count). The van der Waals surface area contributed by atoms with E-state index in [1.54, 1.807) is 0 Å². The van der Waals surface area contributed by atoms with Crippen LogP contribution >= 0.6 is 0 Å². The van der Waals surface area contributed by atoms with Crippen molar-refractivity contribution in [1.82, 2.24) is 4.90 Å². The second-order valence-electron chi connectivity index (χ2n) is 4.45. The van der Waals surface area contributed by atoms with Gasteiger partial charge < -0.3 is 15.7 Å². The summed E-state index contributed by atoms with van der Waals surface area (Å²) in [5, 5.41) is 8.72. The number of likely N-dealkylation sites (tertiary alicyclic amines) is 1. The second kappa shape index (κ2) is 6.38. The van der Waals surface area contributed by atoms with Gasteiger partial charge in [0.05, 0.1) is 0 Å². The number of rotatable bonds is 5. The highest BCUT2D eigenvalue weighted by atomic mass is 16.2. The average Bonchev–Trinajstić information content (AvgIpc) is 2.21. The van der Waals surface area contributed by atoms with Crippen LogP contribution in [-0.4, -0.2) is 42.3 Å². The molecule has 1 aliphatic rings. The minimum absolute atomic E-state index is 0.322. The molecule has 3 nitrogen and oxygen atoms in total. The molecule has 1 saturated heterocycles. The van der Waals surface area contributed by atoms with E-state index in [0.29, 0.717) is 18.6 Å². The lowest BCUT2D eigenvalue weighted by molar-refractivity contribution is 0.116. The highest BCUT2D eigenvalue weighted by molar-refractivity contribution is 4.79. The summed E-state index contributed by atoms with van der Waals surface area (Å²) < 4.78 is 0. The van der Waals surface area contributed by atoms with Gasteiger partial charge in [-0.05, 0) is 51.6 Å². The Kier molecular flexibility index (Phi) is 5.45. The van der Waals surface area contributed by atoms with Crippen molar-refractivity contribution in [2.24, 2.45) is 11.7 Å². The molecule has 0 radical (unpaired) electrons. The van der Waals surface area contributed by atoms with Gasteiger partial charge in [0.1, 0.15) is 0 Å². The molecule has 0 bridgehead atoms. The molecule has 84 valence electrons. The van der Waals surface area contributed by atoms with Gasteiger partial charge in [-0.15, -0.1) is 0 Å². The summed E-state index contributed by atoms with van der Waals surface area (Å²) in [6, 6.07) is 0.705. The summed E-state index contributed by atoms with van der Waals surface area (Å²) in [6.45, 7) is 5.72. The van der Waals surface area contributed by atoms with Crippen LogP contribution in [0.25, 0.3) is 0 Å². The molecule has 3 N–H and O–H groups in total. The second-order valence-corrected chi connectivity index (χ2v) is 4.45. The predicted octanol–water partition coefficient (Wildman–Crippen LogP) is 0.818. The molecule has 0 amide bonds. The number of hydrogen-bond donors (Lipinski definition) is 2. The third-order valence-electron chi connectivity index (χ3n) is 3.30. The predicted molar refractivity (Wildman–Crippen MR) is 59.1 cm³/mol. The molecule has 3 heteroatoms. The molecule has 0 aromatic rings. The van der Waals surface area contributed by atoms with E-state index in [1.807, 2.05) is 0 Å². The minimum Gasteiger partial charge on any atom is -0.396 e. The lowest BCUT2D eigenvalue weighted by Gasteiger charge is -2.37. The quantitative estimate of drug-likeness (QED) is 0.646. The van der Waals surface area contributed by atoms with Crippen LogP contribution in [0.1, 0.15) is 32.6 Å². The fourth-order valence-corrected chi connectivity index (χ4v) is 2.19. The Morgan fingerprint density at radius 3 is 2.79 bits per heavy atom. The molecule has 0 saturated carbocycles. The number of hydrogen-bond acceptors (Lipinski definition) is 3. The summed E-state index contributed by atoms with van der Waals surface area (Å²) in [4.78, 5) is 2.52. The van der Waals surface area contributed by atoms with Gasteiger partial charge in [-0.1, -0.05) is 0 Å².